The Bertz CT molecular complexity index is 962. The Kier molecular flexibility index (Phi) is 6.75. The van der Waals surface area contributed by atoms with E-state index in [1.54, 1.807) is 27.8 Å². The average Bonchev–Trinajstić information content (AvgIpc) is 3.32. The minimum atomic E-state index is -3.64. The van der Waals surface area contributed by atoms with Gasteiger partial charge in [-0.15, -0.1) is 11.3 Å². The second kappa shape index (κ2) is 9.49. The molecule has 162 valence electrons. The smallest absolute Gasteiger partial charge is 0.251 e. The molecule has 0 spiro atoms. The maximum absolute atomic E-state index is 13.5. The second-order valence-corrected chi connectivity index (χ2v) is 10.9. The number of nitrogens with zero attached hydrogens (tertiary/aromatic N) is 2. The van der Waals surface area contributed by atoms with E-state index < -0.39 is 10.0 Å². The van der Waals surface area contributed by atoms with Crippen molar-refractivity contribution in [1.29, 1.82) is 0 Å². The molecule has 30 heavy (non-hydrogen) atoms. The number of sulfonamides is 1. The zero-order chi connectivity index (χ0) is 21.0. The first-order valence-electron chi connectivity index (χ1n) is 10.8. The van der Waals surface area contributed by atoms with Crippen molar-refractivity contribution in [2.75, 3.05) is 31.1 Å². The molecule has 0 radical (unpaired) electrons. The van der Waals surface area contributed by atoms with Crippen molar-refractivity contribution in [3.63, 3.8) is 0 Å². The summed E-state index contributed by atoms with van der Waals surface area (Å²) >= 11 is 1.58. The molecule has 3 heterocycles. The van der Waals surface area contributed by atoms with E-state index in [2.05, 4.69) is 10.2 Å². The Morgan fingerprint density at radius 3 is 2.33 bits per heavy atom. The maximum Gasteiger partial charge on any atom is 0.251 e. The summed E-state index contributed by atoms with van der Waals surface area (Å²) in [6.45, 7) is 3.25. The highest BCUT2D eigenvalue weighted by Gasteiger charge is 2.31. The van der Waals surface area contributed by atoms with Crippen LogP contribution in [-0.4, -0.2) is 44.8 Å². The van der Waals surface area contributed by atoms with E-state index in [1.807, 2.05) is 23.6 Å². The number of amides is 1. The molecule has 0 atom stereocenters. The molecular formula is C22H29N3O3S2. The summed E-state index contributed by atoms with van der Waals surface area (Å²) in [4.78, 5) is 16.3. The van der Waals surface area contributed by atoms with Crippen molar-refractivity contribution in [3.05, 3.63) is 46.2 Å². The minimum absolute atomic E-state index is 0.247. The van der Waals surface area contributed by atoms with Gasteiger partial charge in [-0.25, -0.2) is 8.42 Å². The molecule has 2 aliphatic rings. The van der Waals surface area contributed by atoms with Gasteiger partial charge in [0.05, 0.1) is 12.2 Å². The van der Waals surface area contributed by atoms with Crippen LogP contribution in [-0.2, 0) is 16.6 Å². The molecule has 1 amide bonds. The van der Waals surface area contributed by atoms with E-state index in [1.165, 1.54) is 6.42 Å². The van der Waals surface area contributed by atoms with Crippen LogP contribution in [0.4, 0.5) is 5.69 Å². The van der Waals surface area contributed by atoms with Crippen molar-refractivity contribution in [2.24, 2.45) is 0 Å². The minimum Gasteiger partial charge on any atom is -0.370 e. The van der Waals surface area contributed by atoms with E-state index in [-0.39, 0.29) is 10.8 Å². The molecule has 0 bridgehead atoms. The van der Waals surface area contributed by atoms with Crippen LogP contribution < -0.4 is 10.2 Å². The van der Waals surface area contributed by atoms with Crippen molar-refractivity contribution >= 4 is 33.0 Å². The standard InChI is InChI=1S/C22H29N3O3S2/c26-22(23-17-19-8-7-15-29-19)18-9-10-20(24-11-3-1-4-12-24)21(16-18)30(27,28)25-13-5-2-6-14-25/h7-10,15-16H,1-6,11-14,17H2,(H,23,26). The van der Waals surface area contributed by atoms with Crippen LogP contribution in [0.2, 0.25) is 0 Å². The van der Waals surface area contributed by atoms with Gasteiger partial charge in [-0.1, -0.05) is 12.5 Å². The molecule has 4 rings (SSSR count). The third-order valence-electron chi connectivity index (χ3n) is 5.85. The van der Waals surface area contributed by atoms with E-state index >= 15 is 0 Å². The molecule has 2 aliphatic heterocycles. The van der Waals surface area contributed by atoms with Crippen molar-refractivity contribution in [2.45, 2.75) is 50.0 Å². The number of hydrogen-bond donors (Lipinski definition) is 1. The molecule has 0 unspecified atom stereocenters. The van der Waals surface area contributed by atoms with Gasteiger partial charge in [-0.2, -0.15) is 4.31 Å². The molecule has 1 aromatic heterocycles. The number of nitrogens with one attached hydrogen (secondary N) is 1. The van der Waals surface area contributed by atoms with Crippen LogP contribution in [0.15, 0.2) is 40.6 Å². The Balaban J connectivity index is 1.64. The van der Waals surface area contributed by atoms with E-state index in [9.17, 15) is 13.2 Å². The predicted molar refractivity (Wildman–Crippen MR) is 121 cm³/mol. The first-order chi connectivity index (χ1) is 14.6. The summed E-state index contributed by atoms with van der Waals surface area (Å²) in [6, 6.07) is 9.07. The number of hydrogen-bond acceptors (Lipinski definition) is 5. The Morgan fingerprint density at radius 2 is 1.67 bits per heavy atom. The maximum atomic E-state index is 13.5. The number of carbonyl (C=O) groups excluding carboxylic acids is 1. The number of anilines is 1. The SMILES string of the molecule is O=C(NCc1cccs1)c1ccc(N2CCCCC2)c(S(=O)(=O)N2CCCCC2)c1. The Hall–Kier alpha value is -1.90. The van der Waals surface area contributed by atoms with Crippen molar-refractivity contribution in [3.8, 4) is 0 Å². The van der Waals surface area contributed by atoms with E-state index in [0.717, 1.165) is 55.8 Å². The lowest BCUT2D eigenvalue weighted by Crippen LogP contribution is -2.38. The van der Waals surface area contributed by atoms with Crippen molar-refractivity contribution in [1.82, 2.24) is 9.62 Å². The lowest BCUT2D eigenvalue weighted by atomic mass is 10.1. The van der Waals surface area contributed by atoms with Crippen LogP contribution in [0.3, 0.4) is 0 Å². The van der Waals surface area contributed by atoms with Crippen LogP contribution in [0, 0.1) is 0 Å². The van der Waals surface area contributed by atoms with E-state index in [4.69, 9.17) is 0 Å². The lowest BCUT2D eigenvalue weighted by Gasteiger charge is -2.33. The highest BCUT2D eigenvalue weighted by molar-refractivity contribution is 7.89. The van der Waals surface area contributed by atoms with Gasteiger partial charge in [0.1, 0.15) is 4.90 Å². The monoisotopic (exact) mass is 447 g/mol. The summed E-state index contributed by atoms with van der Waals surface area (Å²) in [6.07, 6.45) is 6.14. The normalized spacial score (nSPS) is 18.3. The topological polar surface area (TPSA) is 69.7 Å². The predicted octanol–water partition coefficient (Wildman–Crippen LogP) is 3.84. The van der Waals surface area contributed by atoms with Gasteiger partial charge >= 0.3 is 0 Å². The molecular weight excluding hydrogens is 418 g/mol. The fraction of sp³-hybridized carbons (Fsp3) is 0.500. The average molecular weight is 448 g/mol. The summed E-state index contributed by atoms with van der Waals surface area (Å²) in [5, 5.41) is 4.88. The number of rotatable bonds is 6. The van der Waals surface area contributed by atoms with Crippen LogP contribution >= 0.6 is 11.3 Å². The second-order valence-electron chi connectivity index (χ2n) is 7.96. The third-order valence-corrected chi connectivity index (χ3v) is 8.66. The lowest BCUT2D eigenvalue weighted by molar-refractivity contribution is 0.0951. The fourth-order valence-electron chi connectivity index (χ4n) is 4.18. The first kappa shape index (κ1) is 21.3. The fourth-order valence-corrected chi connectivity index (χ4v) is 6.58. The largest absolute Gasteiger partial charge is 0.370 e. The van der Waals surface area contributed by atoms with Crippen LogP contribution in [0.25, 0.3) is 0 Å². The van der Waals surface area contributed by atoms with Gasteiger partial charge in [0.2, 0.25) is 10.0 Å². The molecule has 2 saturated heterocycles. The molecule has 0 saturated carbocycles. The van der Waals surface area contributed by atoms with Crippen LogP contribution in [0.1, 0.15) is 53.8 Å². The zero-order valence-corrected chi connectivity index (χ0v) is 18.8. The summed E-state index contributed by atoms with van der Waals surface area (Å²) < 4.78 is 28.7. The van der Waals surface area contributed by atoms with E-state index in [0.29, 0.717) is 25.2 Å². The third kappa shape index (κ3) is 4.71. The van der Waals surface area contributed by atoms with Crippen molar-refractivity contribution < 1.29 is 13.2 Å². The van der Waals surface area contributed by atoms with Gasteiger partial charge in [-0.3, -0.25) is 4.79 Å². The quantitative estimate of drug-likeness (QED) is 0.730. The van der Waals surface area contributed by atoms with Gasteiger partial charge < -0.3 is 10.2 Å². The highest BCUT2D eigenvalue weighted by Crippen LogP contribution is 2.32. The first-order valence-corrected chi connectivity index (χ1v) is 13.1. The molecule has 2 fully saturated rings. The van der Waals surface area contributed by atoms with Crippen LogP contribution in [0.5, 0.6) is 0 Å². The number of carbonyl (C=O) groups is 1. The molecule has 1 N–H and O–H groups in total. The highest BCUT2D eigenvalue weighted by atomic mass is 32.2. The molecule has 0 aliphatic carbocycles. The van der Waals surface area contributed by atoms with Gasteiger partial charge in [-0.05, 0) is 61.7 Å². The number of thiophene rings is 1. The molecule has 8 heteroatoms. The van der Waals surface area contributed by atoms with Gasteiger partial charge in [0.15, 0.2) is 0 Å². The van der Waals surface area contributed by atoms with Gasteiger partial charge in [0, 0.05) is 36.6 Å². The Morgan fingerprint density at radius 1 is 0.967 bits per heavy atom. The molecule has 6 nitrogen and oxygen atoms in total. The Labute approximate surface area is 182 Å². The van der Waals surface area contributed by atoms with Gasteiger partial charge in [0.25, 0.3) is 5.91 Å². The molecule has 2 aromatic rings. The summed E-state index contributed by atoms with van der Waals surface area (Å²) in [5.41, 5.74) is 1.12. The summed E-state index contributed by atoms with van der Waals surface area (Å²) in [5.74, 6) is -0.247. The number of benzene rings is 1. The zero-order valence-electron chi connectivity index (χ0n) is 17.2. The molecule has 1 aromatic carbocycles. The summed E-state index contributed by atoms with van der Waals surface area (Å²) in [7, 11) is -3.64. The number of piperidine rings is 2.